The predicted octanol–water partition coefficient (Wildman–Crippen LogP) is 6.42. The van der Waals surface area contributed by atoms with Crippen LogP contribution in [0.3, 0.4) is 0 Å². The number of hydrogen-bond acceptors (Lipinski definition) is 7. The fourth-order valence-electron chi connectivity index (χ4n) is 3.99. The largest absolute Gasteiger partial charge is 0.508 e. The Morgan fingerprint density at radius 1 is 0.763 bits per heavy atom. The monoisotopic (exact) mass is 527 g/mol. The van der Waals surface area contributed by atoms with E-state index in [4.69, 9.17) is 18.9 Å². The molecule has 0 aromatic heterocycles. The second kappa shape index (κ2) is 17.1. The van der Waals surface area contributed by atoms with E-state index in [1.54, 1.807) is 6.92 Å². The van der Waals surface area contributed by atoms with Crippen molar-refractivity contribution in [3.8, 4) is 0 Å². The Hall–Kier alpha value is -3.55. The highest BCUT2D eigenvalue weighted by molar-refractivity contribution is 5.81. The van der Waals surface area contributed by atoms with Crippen LogP contribution in [0.15, 0.2) is 60.7 Å². The van der Waals surface area contributed by atoms with Crippen LogP contribution in [0.5, 0.6) is 0 Å². The van der Waals surface area contributed by atoms with Crippen LogP contribution in [-0.2, 0) is 37.0 Å². The molecule has 0 fully saturated rings. The lowest BCUT2D eigenvalue weighted by Gasteiger charge is -2.19. The van der Waals surface area contributed by atoms with Crippen molar-refractivity contribution in [2.45, 2.75) is 78.7 Å². The molecule has 2 aromatic carbocycles. The molecule has 0 heterocycles. The Morgan fingerprint density at radius 3 is 1.92 bits per heavy atom. The molecular weight excluding hydrogens is 486 g/mol. The van der Waals surface area contributed by atoms with Gasteiger partial charge in [0.1, 0.15) is 25.9 Å². The van der Waals surface area contributed by atoms with Gasteiger partial charge in [-0.2, -0.15) is 0 Å². The quantitative estimate of drug-likeness (QED) is 0.211. The second-order valence-electron chi connectivity index (χ2n) is 10.0. The van der Waals surface area contributed by atoms with Gasteiger partial charge in [0.05, 0.1) is 0 Å². The van der Waals surface area contributed by atoms with Gasteiger partial charge in [-0.1, -0.05) is 87.9 Å². The number of benzene rings is 2. The van der Waals surface area contributed by atoms with Gasteiger partial charge in [-0.3, -0.25) is 0 Å². The first-order chi connectivity index (χ1) is 18.2. The van der Waals surface area contributed by atoms with Crippen molar-refractivity contribution in [1.82, 2.24) is 5.32 Å². The molecule has 1 N–H and O–H groups in total. The number of carbonyl (C=O) groups excluding carboxylic acids is 3. The molecule has 0 aliphatic heterocycles. The summed E-state index contributed by atoms with van der Waals surface area (Å²) in [7, 11) is 0. The minimum Gasteiger partial charge on any atom is -0.459 e. The average Bonchev–Trinajstić information content (AvgIpc) is 2.89. The maximum absolute atomic E-state index is 12.7. The van der Waals surface area contributed by atoms with Gasteiger partial charge in [0.25, 0.3) is 0 Å². The number of alkyl carbamates (subject to hydrolysis) is 1. The second-order valence-corrected chi connectivity index (χ2v) is 10.0. The molecule has 0 aliphatic rings. The molecule has 208 valence electrons. The maximum Gasteiger partial charge on any atom is 0.508 e. The number of esters is 1. The van der Waals surface area contributed by atoms with Crippen LogP contribution in [0.1, 0.15) is 64.5 Å². The van der Waals surface area contributed by atoms with Gasteiger partial charge in [0.2, 0.25) is 0 Å². The fourth-order valence-corrected chi connectivity index (χ4v) is 3.99. The summed E-state index contributed by atoms with van der Waals surface area (Å²) in [5, 5.41) is 2.43. The Balaban J connectivity index is 1.84. The lowest BCUT2D eigenvalue weighted by atomic mass is 9.93. The van der Waals surface area contributed by atoms with Crippen molar-refractivity contribution in [3.63, 3.8) is 0 Å². The van der Waals surface area contributed by atoms with E-state index in [1.165, 1.54) is 6.42 Å². The predicted molar refractivity (Wildman–Crippen MR) is 144 cm³/mol. The summed E-state index contributed by atoms with van der Waals surface area (Å²) in [4.78, 5) is 37.3. The topological polar surface area (TPSA) is 100 Å². The van der Waals surface area contributed by atoms with Gasteiger partial charge in [-0.15, -0.1) is 0 Å². The van der Waals surface area contributed by atoms with Crippen molar-refractivity contribution < 1.29 is 33.3 Å². The molecular formula is C30H41NO7. The molecule has 0 aliphatic carbocycles. The van der Waals surface area contributed by atoms with E-state index in [2.05, 4.69) is 26.1 Å². The molecule has 8 heteroatoms. The number of rotatable bonds is 15. The van der Waals surface area contributed by atoms with Crippen LogP contribution < -0.4 is 5.32 Å². The molecule has 2 rings (SSSR count). The third-order valence-corrected chi connectivity index (χ3v) is 5.86. The van der Waals surface area contributed by atoms with E-state index < -0.39 is 30.9 Å². The molecule has 0 bridgehead atoms. The fraction of sp³-hybridized carbons (Fsp3) is 0.500. The number of amides is 1. The Labute approximate surface area is 226 Å². The van der Waals surface area contributed by atoms with Crippen molar-refractivity contribution in [1.29, 1.82) is 0 Å². The zero-order valence-corrected chi connectivity index (χ0v) is 22.9. The minimum atomic E-state index is -1.26. The smallest absolute Gasteiger partial charge is 0.459 e. The van der Waals surface area contributed by atoms with E-state index in [1.807, 2.05) is 60.7 Å². The molecule has 1 amide bonds. The zero-order chi connectivity index (χ0) is 27.8. The average molecular weight is 528 g/mol. The summed E-state index contributed by atoms with van der Waals surface area (Å²) in [6.07, 6.45) is 1.80. The van der Waals surface area contributed by atoms with Gasteiger partial charge in [-0.25, -0.2) is 14.4 Å². The third kappa shape index (κ3) is 13.1. The summed E-state index contributed by atoms with van der Waals surface area (Å²) < 4.78 is 21.0. The van der Waals surface area contributed by atoms with Gasteiger partial charge in [-0.05, 0) is 49.1 Å². The Bertz CT molecular complexity index is 965. The minimum absolute atomic E-state index is 0.00757. The van der Waals surface area contributed by atoms with E-state index in [9.17, 15) is 14.4 Å². The summed E-state index contributed by atoms with van der Waals surface area (Å²) >= 11 is 0. The van der Waals surface area contributed by atoms with Gasteiger partial charge < -0.3 is 24.3 Å². The third-order valence-electron chi connectivity index (χ3n) is 5.86. The number of hydrogen-bond donors (Lipinski definition) is 1. The molecule has 8 nitrogen and oxygen atoms in total. The van der Waals surface area contributed by atoms with E-state index >= 15 is 0 Å². The van der Waals surface area contributed by atoms with Gasteiger partial charge in [0, 0.05) is 0 Å². The number of nitrogens with one attached hydrogen (secondary N) is 1. The van der Waals surface area contributed by atoms with Crippen molar-refractivity contribution in [2.75, 3.05) is 6.61 Å². The highest BCUT2D eigenvalue weighted by atomic mass is 16.7. The van der Waals surface area contributed by atoms with Gasteiger partial charge in [0.15, 0.2) is 6.04 Å². The maximum atomic E-state index is 12.7. The molecule has 0 saturated carbocycles. The molecule has 0 radical (unpaired) electrons. The van der Waals surface area contributed by atoms with Crippen LogP contribution in [0.25, 0.3) is 0 Å². The SMILES string of the molecule is CC(C)CC(C)CCCC(C)OC(=O)OCC(NC(=O)OCc1ccccc1)C(=O)OCc1ccccc1. The summed E-state index contributed by atoms with van der Waals surface area (Å²) in [5.41, 5.74) is 1.57. The summed E-state index contributed by atoms with van der Waals surface area (Å²) in [6, 6.07) is 17.0. The summed E-state index contributed by atoms with van der Waals surface area (Å²) in [6.45, 7) is 8.03. The molecule has 2 aromatic rings. The van der Waals surface area contributed by atoms with E-state index in [-0.39, 0.29) is 19.3 Å². The highest BCUT2D eigenvalue weighted by Gasteiger charge is 2.26. The molecule has 0 saturated heterocycles. The number of ether oxygens (including phenoxy) is 4. The van der Waals surface area contributed by atoms with Crippen molar-refractivity contribution in [3.05, 3.63) is 71.8 Å². The molecule has 3 unspecified atom stereocenters. The van der Waals surface area contributed by atoms with E-state index in [0.29, 0.717) is 18.3 Å². The molecule has 38 heavy (non-hydrogen) atoms. The molecule has 0 spiro atoms. The lowest BCUT2D eigenvalue weighted by Crippen LogP contribution is -2.45. The van der Waals surface area contributed by atoms with Crippen molar-refractivity contribution in [2.24, 2.45) is 11.8 Å². The van der Waals surface area contributed by atoms with Crippen LogP contribution in [0.2, 0.25) is 0 Å². The highest BCUT2D eigenvalue weighted by Crippen LogP contribution is 2.18. The zero-order valence-electron chi connectivity index (χ0n) is 22.9. The first-order valence-corrected chi connectivity index (χ1v) is 13.2. The first kappa shape index (κ1) is 30.7. The standard InChI is InChI=1S/C30H41NO7/c1-22(2)18-23(3)12-11-13-24(4)38-30(34)37-21-27(28(32)35-19-25-14-7-5-8-15-25)31-29(33)36-20-26-16-9-6-10-17-26/h5-10,14-17,22-24,27H,11-13,18-21H2,1-4H3,(H,31,33). The lowest BCUT2D eigenvalue weighted by molar-refractivity contribution is -0.148. The van der Waals surface area contributed by atoms with Crippen LogP contribution in [0, 0.1) is 11.8 Å². The summed E-state index contributed by atoms with van der Waals surface area (Å²) in [5.74, 6) is 0.514. The normalized spacial score (nSPS) is 13.2. The molecule has 3 atom stereocenters. The van der Waals surface area contributed by atoms with Crippen LogP contribution >= 0.6 is 0 Å². The van der Waals surface area contributed by atoms with Gasteiger partial charge >= 0.3 is 18.2 Å². The Morgan fingerprint density at radius 2 is 1.34 bits per heavy atom. The van der Waals surface area contributed by atoms with Crippen LogP contribution in [-0.4, -0.2) is 37.0 Å². The van der Waals surface area contributed by atoms with Crippen LogP contribution in [0.4, 0.5) is 9.59 Å². The first-order valence-electron chi connectivity index (χ1n) is 13.2. The Kier molecular flexibility index (Phi) is 13.8. The van der Waals surface area contributed by atoms with Crippen molar-refractivity contribution >= 4 is 18.2 Å². The van der Waals surface area contributed by atoms with E-state index in [0.717, 1.165) is 24.0 Å². The number of carbonyl (C=O) groups is 3.